The van der Waals surface area contributed by atoms with Crippen LogP contribution in [0.15, 0.2) is 0 Å². The molecule has 0 aromatic rings. The molecular weight excluding hydrogens is 116 g/mol. The Hall–Kier alpha value is -0.0800. The SMILES string of the molecule is C[C@H](CO)C[C@H](C)CO. The van der Waals surface area contributed by atoms with Crippen LogP contribution in [0, 0.1) is 11.8 Å². The van der Waals surface area contributed by atoms with Gasteiger partial charge in [0.05, 0.1) is 0 Å². The van der Waals surface area contributed by atoms with Crippen molar-refractivity contribution in [3.63, 3.8) is 0 Å². The van der Waals surface area contributed by atoms with Gasteiger partial charge < -0.3 is 10.2 Å². The van der Waals surface area contributed by atoms with Crippen molar-refractivity contribution in [2.24, 2.45) is 11.8 Å². The fourth-order valence-electron chi connectivity index (χ4n) is 0.836. The second-order valence-electron chi connectivity index (χ2n) is 2.81. The maximum absolute atomic E-state index is 8.60. The lowest BCUT2D eigenvalue weighted by atomic mass is 9.99. The van der Waals surface area contributed by atoms with Crippen LogP contribution in [0.1, 0.15) is 20.3 Å². The maximum Gasteiger partial charge on any atom is 0.0456 e. The normalized spacial score (nSPS) is 17.3. The first-order valence-electron chi connectivity index (χ1n) is 3.42. The Labute approximate surface area is 56.5 Å². The van der Waals surface area contributed by atoms with E-state index in [0.29, 0.717) is 11.8 Å². The van der Waals surface area contributed by atoms with E-state index < -0.39 is 0 Å². The van der Waals surface area contributed by atoms with Crippen LogP contribution in [0.2, 0.25) is 0 Å². The zero-order valence-corrected chi connectivity index (χ0v) is 6.17. The molecule has 2 heteroatoms. The predicted octanol–water partition coefficient (Wildman–Crippen LogP) is 0.633. The quantitative estimate of drug-likeness (QED) is 0.589. The van der Waals surface area contributed by atoms with Crippen LogP contribution in [-0.4, -0.2) is 23.4 Å². The van der Waals surface area contributed by atoms with Crippen LogP contribution in [-0.2, 0) is 0 Å². The third-order valence-electron chi connectivity index (χ3n) is 1.43. The van der Waals surface area contributed by atoms with Crippen molar-refractivity contribution in [3.05, 3.63) is 0 Å². The molecule has 0 rings (SSSR count). The molecule has 0 saturated carbocycles. The second-order valence-corrected chi connectivity index (χ2v) is 2.81. The summed E-state index contributed by atoms with van der Waals surface area (Å²) in [5, 5.41) is 17.2. The minimum atomic E-state index is 0.227. The first-order chi connectivity index (χ1) is 4.20. The third-order valence-corrected chi connectivity index (χ3v) is 1.43. The second kappa shape index (κ2) is 4.77. The van der Waals surface area contributed by atoms with Gasteiger partial charge in [-0.1, -0.05) is 13.8 Å². The Bertz CT molecular complexity index is 55.9. The molecule has 0 aromatic heterocycles. The van der Waals surface area contributed by atoms with E-state index in [2.05, 4.69) is 0 Å². The van der Waals surface area contributed by atoms with Crippen molar-refractivity contribution in [1.82, 2.24) is 0 Å². The van der Waals surface area contributed by atoms with Crippen LogP contribution in [0.3, 0.4) is 0 Å². The Morgan fingerprint density at radius 1 is 1.00 bits per heavy atom. The van der Waals surface area contributed by atoms with Gasteiger partial charge in [0.2, 0.25) is 0 Å². The lowest BCUT2D eigenvalue weighted by Gasteiger charge is -2.11. The first kappa shape index (κ1) is 8.92. The van der Waals surface area contributed by atoms with Crippen LogP contribution in [0.25, 0.3) is 0 Å². The largest absolute Gasteiger partial charge is 0.396 e. The smallest absolute Gasteiger partial charge is 0.0456 e. The summed E-state index contributed by atoms with van der Waals surface area (Å²) >= 11 is 0. The van der Waals surface area contributed by atoms with Crippen molar-refractivity contribution < 1.29 is 10.2 Å². The monoisotopic (exact) mass is 132 g/mol. The van der Waals surface area contributed by atoms with Crippen LogP contribution in [0.5, 0.6) is 0 Å². The molecule has 9 heavy (non-hydrogen) atoms. The Morgan fingerprint density at radius 3 is 1.56 bits per heavy atom. The Balaban J connectivity index is 3.22. The molecule has 0 fully saturated rings. The first-order valence-corrected chi connectivity index (χ1v) is 3.42. The molecule has 0 aromatic carbocycles. The van der Waals surface area contributed by atoms with Gasteiger partial charge in [-0.25, -0.2) is 0 Å². The van der Waals surface area contributed by atoms with Gasteiger partial charge in [-0.05, 0) is 18.3 Å². The third kappa shape index (κ3) is 4.43. The molecule has 0 aliphatic rings. The van der Waals surface area contributed by atoms with E-state index in [1.807, 2.05) is 13.8 Å². The van der Waals surface area contributed by atoms with Gasteiger partial charge in [0, 0.05) is 13.2 Å². The number of rotatable bonds is 4. The van der Waals surface area contributed by atoms with Crippen LogP contribution in [0.4, 0.5) is 0 Å². The van der Waals surface area contributed by atoms with Gasteiger partial charge >= 0.3 is 0 Å². The molecule has 0 amide bonds. The highest BCUT2D eigenvalue weighted by Gasteiger charge is 2.05. The fourth-order valence-corrected chi connectivity index (χ4v) is 0.836. The molecule has 2 nitrogen and oxygen atoms in total. The van der Waals surface area contributed by atoms with E-state index in [4.69, 9.17) is 10.2 Å². The minimum Gasteiger partial charge on any atom is -0.396 e. The minimum absolute atomic E-state index is 0.227. The lowest BCUT2D eigenvalue weighted by Crippen LogP contribution is -2.09. The zero-order chi connectivity index (χ0) is 7.28. The Kier molecular flexibility index (Phi) is 4.72. The molecule has 0 saturated heterocycles. The summed E-state index contributed by atoms with van der Waals surface area (Å²) in [7, 11) is 0. The average molecular weight is 132 g/mol. The van der Waals surface area contributed by atoms with E-state index in [0.717, 1.165) is 6.42 Å². The molecule has 0 aliphatic heterocycles. The molecule has 2 N–H and O–H groups in total. The van der Waals surface area contributed by atoms with E-state index in [9.17, 15) is 0 Å². The molecule has 0 unspecified atom stereocenters. The molecule has 2 atom stereocenters. The fraction of sp³-hybridized carbons (Fsp3) is 1.00. The number of aliphatic hydroxyl groups excluding tert-OH is 2. The van der Waals surface area contributed by atoms with Crippen molar-refractivity contribution >= 4 is 0 Å². The maximum atomic E-state index is 8.60. The van der Waals surface area contributed by atoms with E-state index in [1.54, 1.807) is 0 Å². The number of hydrogen-bond acceptors (Lipinski definition) is 2. The number of hydrogen-bond donors (Lipinski definition) is 2. The summed E-state index contributed by atoms with van der Waals surface area (Å²) in [5.74, 6) is 0.652. The zero-order valence-electron chi connectivity index (χ0n) is 6.17. The molecule has 56 valence electrons. The highest BCUT2D eigenvalue weighted by atomic mass is 16.3. The van der Waals surface area contributed by atoms with Gasteiger partial charge in [-0.3, -0.25) is 0 Å². The van der Waals surface area contributed by atoms with Gasteiger partial charge in [0.15, 0.2) is 0 Å². The summed E-state index contributed by atoms with van der Waals surface area (Å²) in [6, 6.07) is 0. The van der Waals surface area contributed by atoms with Gasteiger partial charge in [0.1, 0.15) is 0 Å². The van der Waals surface area contributed by atoms with Crippen LogP contribution >= 0.6 is 0 Å². The summed E-state index contributed by atoms with van der Waals surface area (Å²) in [6.07, 6.45) is 0.910. The predicted molar refractivity (Wildman–Crippen MR) is 37.1 cm³/mol. The number of aliphatic hydroxyl groups is 2. The summed E-state index contributed by atoms with van der Waals surface area (Å²) in [4.78, 5) is 0. The van der Waals surface area contributed by atoms with Crippen molar-refractivity contribution in [1.29, 1.82) is 0 Å². The van der Waals surface area contributed by atoms with E-state index >= 15 is 0 Å². The van der Waals surface area contributed by atoms with Gasteiger partial charge in [-0.15, -0.1) is 0 Å². The van der Waals surface area contributed by atoms with Crippen LogP contribution < -0.4 is 0 Å². The molecule has 0 spiro atoms. The molecule has 0 aliphatic carbocycles. The lowest BCUT2D eigenvalue weighted by molar-refractivity contribution is 0.177. The molecule has 0 radical (unpaired) electrons. The summed E-state index contributed by atoms with van der Waals surface area (Å²) in [6.45, 7) is 4.41. The van der Waals surface area contributed by atoms with Crippen molar-refractivity contribution in [3.8, 4) is 0 Å². The highest BCUT2D eigenvalue weighted by Crippen LogP contribution is 2.09. The van der Waals surface area contributed by atoms with Gasteiger partial charge in [0.25, 0.3) is 0 Å². The summed E-state index contributed by atoms with van der Waals surface area (Å²) in [5.41, 5.74) is 0. The van der Waals surface area contributed by atoms with E-state index in [1.165, 1.54) is 0 Å². The average Bonchev–Trinajstić information content (AvgIpc) is 1.87. The topological polar surface area (TPSA) is 40.5 Å². The summed E-state index contributed by atoms with van der Waals surface area (Å²) < 4.78 is 0. The van der Waals surface area contributed by atoms with Crippen molar-refractivity contribution in [2.75, 3.05) is 13.2 Å². The molecule has 0 bridgehead atoms. The van der Waals surface area contributed by atoms with Gasteiger partial charge in [-0.2, -0.15) is 0 Å². The van der Waals surface area contributed by atoms with E-state index in [-0.39, 0.29) is 13.2 Å². The molecular formula is C7H16O2. The standard InChI is InChI=1S/C7H16O2/c1-6(4-8)3-7(2)5-9/h6-9H,3-5H2,1-2H3/t6-,7-/m0/s1. The molecule has 0 heterocycles. The Morgan fingerprint density at radius 2 is 1.33 bits per heavy atom. The van der Waals surface area contributed by atoms with Crippen molar-refractivity contribution in [2.45, 2.75) is 20.3 Å². The highest BCUT2D eigenvalue weighted by molar-refractivity contribution is 4.56.